The zero-order chi connectivity index (χ0) is 24.6. The number of hydrogen-bond acceptors (Lipinski definition) is 5. The first-order chi connectivity index (χ1) is 15.6. The topological polar surface area (TPSA) is 96.0 Å². The smallest absolute Gasteiger partial charge is 0.244 e. The third-order valence-electron chi connectivity index (χ3n) is 4.93. The molecule has 2 rings (SSSR count). The fourth-order valence-electron chi connectivity index (χ4n) is 3.25. The molecule has 0 aliphatic carbocycles. The molecule has 2 aromatic carbocycles. The Kier molecular flexibility index (Phi) is 9.22. The Hall–Kier alpha value is -3.14. The lowest BCUT2D eigenvalue weighted by Crippen LogP contribution is -2.51. The summed E-state index contributed by atoms with van der Waals surface area (Å²) in [6.07, 6.45) is 0.984. The minimum Gasteiger partial charge on any atom is -0.492 e. The molecule has 0 aliphatic heterocycles. The van der Waals surface area contributed by atoms with Gasteiger partial charge in [0.15, 0.2) is 0 Å². The van der Waals surface area contributed by atoms with E-state index in [1.54, 1.807) is 38.1 Å². The Labute approximate surface area is 194 Å². The number of halogens is 1. The summed E-state index contributed by atoms with van der Waals surface area (Å²) in [5.74, 6) is -1.31. The molecule has 33 heavy (non-hydrogen) atoms. The Morgan fingerprint density at radius 2 is 1.73 bits per heavy atom. The molecule has 1 N–H and O–H groups in total. The van der Waals surface area contributed by atoms with E-state index in [0.717, 1.165) is 10.6 Å². The number of nitrogens with zero attached hydrogens (tertiary/aromatic N) is 2. The molecule has 1 unspecified atom stereocenters. The van der Waals surface area contributed by atoms with Gasteiger partial charge in [0.05, 0.1) is 18.6 Å². The summed E-state index contributed by atoms with van der Waals surface area (Å²) < 4.78 is 46.0. The van der Waals surface area contributed by atoms with Crippen molar-refractivity contribution in [1.29, 1.82) is 0 Å². The average Bonchev–Trinajstić information content (AvgIpc) is 2.76. The van der Waals surface area contributed by atoms with Gasteiger partial charge in [0, 0.05) is 18.7 Å². The van der Waals surface area contributed by atoms with E-state index in [4.69, 9.17) is 4.74 Å². The van der Waals surface area contributed by atoms with Crippen LogP contribution in [0.2, 0.25) is 0 Å². The van der Waals surface area contributed by atoms with Crippen LogP contribution in [0.1, 0.15) is 26.3 Å². The molecule has 0 saturated heterocycles. The van der Waals surface area contributed by atoms with E-state index in [-0.39, 0.29) is 17.8 Å². The number of anilines is 1. The Morgan fingerprint density at radius 3 is 2.33 bits per heavy atom. The number of carbonyl (C=O) groups is 2. The summed E-state index contributed by atoms with van der Waals surface area (Å²) in [6, 6.07) is 11.4. The van der Waals surface area contributed by atoms with Gasteiger partial charge in [-0.1, -0.05) is 30.3 Å². The van der Waals surface area contributed by atoms with Crippen molar-refractivity contribution >= 4 is 27.5 Å². The Morgan fingerprint density at radius 1 is 1.09 bits per heavy atom. The van der Waals surface area contributed by atoms with Crippen LogP contribution in [0.4, 0.5) is 10.1 Å². The summed E-state index contributed by atoms with van der Waals surface area (Å²) in [5, 5.41) is 2.64. The molecule has 0 aromatic heterocycles. The van der Waals surface area contributed by atoms with Crippen molar-refractivity contribution in [3.05, 3.63) is 59.9 Å². The van der Waals surface area contributed by atoms with E-state index in [1.165, 1.54) is 36.1 Å². The molecule has 0 heterocycles. The molecular formula is C23H30FN3O5S. The number of hydrogen-bond donors (Lipinski definition) is 1. The SMILES string of the molecule is CCNC(=O)C(C)N(Cc1ccccc1F)C(=O)CN(c1ccccc1OCC)S(C)(=O)=O. The van der Waals surface area contributed by atoms with Gasteiger partial charge < -0.3 is 15.0 Å². The third-order valence-corrected chi connectivity index (χ3v) is 6.06. The van der Waals surface area contributed by atoms with E-state index in [9.17, 15) is 22.4 Å². The van der Waals surface area contributed by atoms with Crippen molar-refractivity contribution in [3.63, 3.8) is 0 Å². The minimum atomic E-state index is -3.89. The molecule has 10 heteroatoms. The number of nitrogens with one attached hydrogen (secondary N) is 1. The molecule has 180 valence electrons. The van der Waals surface area contributed by atoms with Crippen molar-refractivity contribution in [2.45, 2.75) is 33.4 Å². The van der Waals surface area contributed by atoms with Gasteiger partial charge in [-0.25, -0.2) is 12.8 Å². The number of rotatable bonds is 11. The normalized spacial score (nSPS) is 12.0. The van der Waals surface area contributed by atoms with E-state index in [1.807, 2.05) is 0 Å². The van der Waals surface area contributed by atoms with E-state index in [2.05, 4.69) is 5.32 Å². The van der Waals surface area contributed by atoms with Gasteiger partial charge in [-0.2, -0.15) is 0 Å². The number of likely N-dealkylation sites (N-methyl/N-ethyl adjacent to an activating group) is 1. The van der Waals surface area contributed by atoms with E-state index < -0.39 is 40.2 Å². The van der Waals surface area contributed by atoms with Gasteiger partial charge in [-0.3, -0.25) is 13.9 Å². The minimum absolute atomic E-state index is 0.200. The second-order valence-corrected chi connectivity index (χ2v) is 9.26. The quantitative estimate of drug-likeness (QED) is 0.534. The van der Waals surface area contributed by atoms with Crippen molar-refractivity contribution in [3.8, 4) is 5.75 Å². The van der Waals surface area contributed by atoms with Crippen molar-refractivity contribution < 1.29 is 27.1 Å². The molecule has 1 atom stereocenters. The number of carbonyl (C=O) groups excluding carboxylic acids is 2. The maximum atomic E-state index is 14.3. The summed E-state index contributed by atoms with van der Waals surface area (Å²) in [6.45, 7) is 4.89. The fourth-order valence-corrected chi connectivity index (χ4v) is 4.10. The van der Waals surface area contributed by atoms with Gasteiger partial charge in [0.2, 0.25) is 21.8 Å². The largest absolute Gasteiger partial charge is 0.492 e. The van der Waals surface area contributed by atoms with Gasteiger partial charge in [-0.05, 0) is 39.0 Å². The predicted octanol–water partition coefficient (Wildman–Crippen LogP) is 2.54. The molecule has 0 aliphatic rings. The number of para-hydroxylation sites is 2. The summed E-state index contributed by atoms with van der Waals surface area (Å²) >= 11 is 0. The third kappa shape index (κ3) is 6.92. The molecule has 0 bridgehead atoms. The standard InChI is InChI=1S/C23H30FN3O5S/c1-5-25-23(29)17(3)26(15-18-11-7-8-12-19(18)24)22(28)16-27(33(4,30)31)20-13-9-10-14-21(20)32-6-2/h7-14,17H,5-6,15-16H2,1-4H3,(H,25,29). The van der Waals surface area contributed by atoms with Crippen LogP contribution in [0.3, 0.4) is 0 Å². The zero-order valence-corrected chi connectivity index (χ0v) is 20.1. The molecule has 2 aromatic rings. The highest BCUT2D eigenvalue weighted by Gasteiger charge is 2.31. The average molecular weight is 480 g/mol. The summed E-state index contributed by atoms with van der Waals surface area (Å²) in [5.41, 5.74) is 0.411. The fraction of sp³-hybridized carbons (Fsp3) is 0.391. The Balaban J connectivity index is 2.44. The molecule has 0 spiro atoms. The highest BCUT2D eigenvalue weighted by molar-refractivity contribution is 7.92. The van der Waals surface area contributed by atoms with Crippen molar-refractivity contribution in [2.24, 2.45) is 0 Å². The van der Waals surface area contributed by atoms with Crippen LogP contribution in [0.25, 0.3) is 0 Å². The summed E-state index contributed by atoms with van der Waals surface area (Å²) in [4.78, 5) is 27.1. The molecule has 2 amide bonds. The van der Waals surface area contributed by atoms with Crippen LogP contribution < -0.4 is 14.4 Å². The maximum absolute atomic E-state index is 14.3. The number of amides is 2. The van der Waals surface area contributed by atoms with Crippen LogP contribution in [0, 0.1) is 5.82 Å². The number of sulfonamides is 1. The molecule has 0 radical (unpaired) electrons. The van der Waals surface area contributed by atoms with Gasteiger partial charge >= 0.3 is 0 Å². The van der Waals surface area contributed by atoms with Crippen LogP contribution in [0.15, 0.2) is 48.5 Å². The first-order valence-electron chi connectivity index (χ1n) is 10.6. The lowest BCUT2D eigenvalue weighted by molar-refractivity contribution is -0.139. The number of ether oxygens (including phenoxy) is 1. The van der Waals surface area contributed by atoms with Gasteiger partial charge in [0.1, 0.15) is 24.2 Å². The van der Waals surface area contributed by atoms with Crippen LogP contribution in [-0.2, 0) is 26.2 Å². The lowest BCUT2D eigenvalue weighted by atomic mass is 10.1. The first-order valence-corrected chi connectivity index (χ1v) is 12.4. The van der Waals surface area contributed by atoms with E-state index in [0.29, 0.717) is 18.9 Å². The van der Waals surface area contributed by atoms with Crippen LogP contribution >= 0.6 is 0 Å². The maximum Gasteiger partial charge on any atom is 0.244 e. The van der Waals surface area contributed by atoms with Crippen LogP contribution in [0.5, 0.6) is 5.75 Å². The highest BCUT2D eigenvalue weighted by Crippen LogP contribution is 2.30. The van der Waals surface area contributed by atoms with Crippen LogP contribution in [-0.4, -0.2) is 57.1 Å². The second kappa shape index (κ2) is 11.6. The predicted molar refractivity (Wildman–Crippen MR) is 125 cm³/mol. The Bertz CT molecular complexity index is 1080. The van der Waals surface area contributed by atoms with Crippen molar-refractivity contribution in [1.82, 2.24) is 10.2 Å². The second-order valence-electron chi connectivity index (χ2n) is 7.35. The molecule has 0 saturated carbocycles. The van der Waals surface area contributed by atoms with Crippen molar-refractivity contribution in [2.75, 3.05) is 30.3 Å². The zero-order valence-electron chi connectivity index (χ0n) is 19.2. The molecule has 0 fully saturated rings. The van der Waals surface area contributed by atoms with Gasteiger partial charge in [-0.15, -0.1) is 0 Å². The first kappa shape index (κ1) is 26.1. The lowest BCUT2D eigenvalue weighted by Gasteiger charge is -2.31. The highest BCUT2D eigenvalue weighted by atomic mass is 32.2. The monoisotopic (exact) mass is 479 g/mol. The molecular weight excluding hydrogens is 449 g/mol. The van der Waals surface area contributed by atoms with Gasteiger partial charge in [0.25, 0.3) is 0 Å². The number of benzene rings is 2. The molecule has 8 nitrogen and oxygen atoms in total. The summed E-state index contributed by atoms with van der Waals surface area (Å²) in [7, 11) is -3.89. The van der Waals surface area contributed by atoms with E-state index >= 15 is 0 Å².